The van der Waals surface area contributed by atoms with Crippen LogP contribution in [0.2, 0.25) is 0 Å². The van der Waals surface area contributed by atoms with E-state index in [1.54, 1.807) is 0 Å². The highest BCUT2D eigenvalue weighted by molar-refractivity contribution is 5.37. The molecule has 2 aromatic rings. The summed E-state index contributed by atoms with van der Waals surface area (Å²) in [6.45, 7) is 7.24. The summed E-state index contributed by atoms with van der Waals surface area (Å²) in [6, 6.07) is 11.3. The zero-order chi connectivity index (χ0) is 19.6. The molecular weight excluding hydrogens is 348 g/mol. The van der Waals surface area contributed by atoms with Crippen molar-refractivity contribution >= 4 is 5.95 Å². The van der Waals surface area contributed by atoms with Crippen LogP contribution in [0.4, 0.5) is 5.95 Å². The van der Waals surface area contributed by atoms with E-state index in [1.165, 1.54) is 16.8 Å². The lowest BCUT2D eigenvalue weighted by atomic mass is 9.74. The molecule has 5 heteroatoms. The summed E-state index contributed by atoms with van der Waals surface area (Å²) in [6.07, 6.45) is 6.37. The molecule has 0 radical (unpaired) electrons. The van der Waals surface area contributed by atoms with Crippen LogP contribution in [-0.2, 0) is 17.7 Å². The van der Waals surface area contributed by atoms with Gasteiger partial charge in [-0.15, -0.1) is 0 Å². The molecule has 0 amide bonds. The number of rotatable bonds is 5. The van der Waals surface area contributed by atoms with Gasteiger partial charge < -0.3 is 15.0 Å². The van der Waals surface area contributed by atoms with Gasteiger partial charge in [-0.1, -0.05) is 44.2 Å². The maximum Gasteiger partial charge on any atom is 0.225 e. The lowest BCUT2D eigenvalue weighted by Crippen LogP contribution is -2.42. The van der Waals surface area contributed by atoms with Gasteiger partial charge in [0.1, 0.15) is 0 Å². The van der Waals surface area contributed by atoms with E-state index >= 15 is 0 Å². The molecule has 0 saturated carbocycles. The standard InChI is InChI=1S/C23H32N4O/c1-23(2)13-20(25-18-9-11-28-12-10-18)19-15-24-22(26-21(19)14-23)27(3)16-17-7-5-4-6-8-17/h4-8,15,18,20,25H,9-14,16H2,1-3H3/t20-/m0/s1. The van der Waals surface area contributed by atoms with Gasteiger partial charge in [0, 0.05) is 50.7 Å². The Balaban J connectivity index is 1.54. The zero-order valence-electron chi connectivity index (χ0n) is 17.3. The Morgan fingerprint density at radius 2 is 1.93 bits per heavy atom. The average molecular weight is 381 g/mol. The van der Waals surface area contributed by atoms with Crippen LogP contribution in [0.25, 0.3) is 0 Å². The minimum Gasteiger partial charge on any atom is -0.381 e. The van der Waals surface area contributed by atoms with Crippen molar-refractivity contribution in [2.24, 2.45) is 5.41 Å². The molecule has 150 valence electrons. The topological polar surface area (TPSA) is 50.3 Å². The molecule has 1 N–H and O–H groups in total. The summed E-state index contributed by atoms with van der Waals surface area (Å²) in [5.74, 6) is 0.810. The number of hydrogen-bond donors (Lipinski definition) is 1. The molecule has 1 fully saturated rings. The Hall–Kier alpha value is -1.98. The quantitative estimate of drug-likeness (QED) is 0.853. The average Bonchev–Trinajstić information content (AvgIpc) is 2.68. The highest BCUT2D eigenvalue weighted by Gasteiger charge is 2.35. The van der Waals surface area contributed by atoms with E-state index < -0.39 is 0 Å². The molecule has 5 nitrogen and oxygen atoms in total. The number of hydrogen-bond acceptors (Lipinski definition) is 5. The number of nitrogens with zero attached hydrogens (tertiary/aromatic N) is 3. The van der Waals surface area contributed by atoms with Crippen molar-refractivity contribution in [2.75, 3.05) is 25.2 Å². The van der Waals surface area contributed by atoms with Gasteiger partial charge >= 0.3 is 0 Å². The number of fused-ring (bicyclic) bond motifs is 1. The van der Waals surface area contributed by atoms with E-state index in [2.05, 4.69) is 61.6 Å². The number of ether oxygens (including phenoxy) is 1. The first-order chi connectivity index (χ1) is 13.5. The van der Waals surface area contributed by atoms with Crippen molar-refractivity contribution in [3.8, 4) is 0 Å². The van der Waals surface area contributed by atoms with E-state index in [9.17, 15) is 0 Å². The number of benzene rings is 1. The van der Waals surface area contributed by atoms with Gasteiger partial charge in [0.05, 0.1) is 5.69 Å². The van der Waals surface area contributed by atoms with Gasteiger partial charge in [-0.05, 0) is 36.7 Å². The Labute approximate surface area is 168 Å². The number of anilines is 1. The molecular formula is C23H32N4O. The second-order valence-electron chi connectivity index (χ2n) is 9.06. The molecule has 1 aromatic heterocycles. The first-order valence-corrected chi connectivity index (χ1v) is 10.4. The number of aromatic nitrogens is 2. The highest BCUT2D eigenvalue weighted by atomic mass is 16.5. The van der Waals surface area contributed by atoms with E-state index in [4.69, 9.17) is 14.7 Å². The van der Waals surface area contributed by atoms with E-state index in [0.29, 0.717) is 12.1 Å². The maximum atomic E-state index is 5.52. The van der Waals surface area contributed by atoms with Gasteiger partial charge in [0.15, 0.2) is 0 Å². The summed E-state index contributed by atoms with van der Waals surface area (Å²) >= 11 is 0. The van der Waals surface area contributed by atoms with E-state index in [1.807, 2.05) is 6.07 Å². The third kappa shape index (κ3) is 4.53. The predicted molar refractivity (Wildman–Crippen MR) is 112 cm³/mol. The first-order valence-electron chi connectivity index (χ1n) is 10.4. The Morgan fingerprint density at radius 1 is 1.18 bits per heavy atom. The minimum absolute atomic E-state index is 0.236. The summed E-state index contributed by atoms with van der Waals surface area (Å²) in [4.78, 5) is 11.9. The molecule has 1 atom stereocenters. The normalized spacial score (nSPS) is 21.9. The van der Waals surface area contributed by atoms with Crippen LogP contribution in [0.5, 0.6) is 0 Å². The van der Waals surface area contributed by atoms with E-state index in [0.717, 1.165) is 51.4 Å². The van der Waals surface area contributed by atoms with Crippen molar-refractivity contribution in [2.45, 2.75) is 58.2 Å². The molecule has 1 saturated heterocycles. The molecule has 28 heavy (non-hydrogen) atoms. The van der Waals surface area contributed by atoms with Crippen LogP contribution in [-0.4, -0.2) is 36.3 Å². The van der Waals surface area contributed by atoms with Gasteiger partial charge in [-0.2, -0.15) is 0 Å². The zero-order valence-corrected chi connectivity index (χ0v) is 17.3. The van der Waals surface area contributed by atoms with Gasteiger partial charge in [0.2, 0.25) is 5.95 Å². The van der Waals surface area contributed by atoms with Crippen LogP contribution in [0, 0.1) is 5.41 Å². The van der Waals surface area contributed by atoms with Crippen molar-refractivity contribution in [1.29, 1.82) is 0 Å². The van der Waals surface area contributed by atoms with Crippen LogP contribution in [0.3, 0.4) is 0 Å². The molecule has 4 rings (SSSR count). The SMILES string of the molecule is CN(Cc1ccccc1)c1ncc2c(n1)CC(C)(C)C[C@@H]2NC1CCOCC1. The van der Waals surface area contributed by atoms with Crippen molar-refractivity contribution in [3.63, 3.8) is 0 Å². The van der Waals surface area contributed by atoms with Gasteiger partial charge in [0.25, 0.3) is 0 Å². The Bertz CT molecular complexity index is 786. The number of nitrogens with one attached hydrogen (secondary N) is 1. The molecule has 1 aromatic carbocycles. The van der Waals surface area contributed by atoms with Gasteiger partial charge in [-0.3, -0.25) is 0 Å². The fraction of sp³-hybridized carbons (Fsp3) is 0.565. The second kappa shape index (κ2) is 8.18. The molecule has 2 aliphatic rings. The van der Waals surface area contributed by atoms with Crippen molar-refractivity contribution in [1.82, 2.24) is 15.3 Å². The molecule has 0 unspecified atom stereocenters. The fourth-order valence-electron chi connectivity index (χ4n) is 4.45. The monoisotopic (exact) mass is 380 g/mol. The Morgan fingerprint density at radius 3 is 2.68 bits per heavy atom. The van der Waals surface area contributed by atoms with Crippen LogP contribution < -0.4 is 10.2 Å². The summed E-state index contributed by atoms with van der Waals surface area (Å²) in [7, 11) is 2.07. The van der Waals surface area contributed by atoms with Crippen LogP contribution in [0.1, 0.15) is 56.0 Å². The minimum atomic E-state index is 0.236. The summed E-state index contributed by atoms with van der Waals surface area (Å²) in [5, 5.41) is 3.88. The fourth-order valence-corrected chi connectivity index (χ4v) is 4.45. The molecule has 0 bridgehead atoms. The summed E-state index contributed by atoms with van der Waals surface area (Å²) < 4.78 is 5.52. The molecule has 1 aliphatic carbocycles. The molecule has 0 spiro atoms. The lowest BCUT2D eigenvalue weighted by molar-refractivity contribution is 0.0716. The highest BCUT2D eigenvalue weighted by Crippen LogP contribution is 2.40. The lowest BCUT2D eigenvalue weighted by Gasteiger charge is -2.39. The van der Waals surface area contributed by atoms with Crippen LogP contribution in [0.15, 0.2) is 36.5 Å². The largest absolute Gasteiger partial charge is 0.381 e. The van der Waals surface area contributed by atoms with Crippen LogP contribution >= 0.6 is 0 Å². The predicted octanol–water partition coefficient (Wildman–Crippen LogP) is 3.90. The third-order valence-electron chi connectivity index (χ3n) is 5.93. The smallest absolute Gasteiger partial charge is 0.225 e. The Kier molecular flexibility index (Phi) is 5.65. The molecule has 2 heterocycles. The third-order valence-corrected chi connectivity index (χ3v) is 5.93. The molecule has 1 aliphatic heterocycles. The van der Waals surface area contributed by atoms with E-state index in [-0.39, 0.29) is 5.41 Å². The van der Waals surface area contributed by atoms with Crippen molar-refractivity contribution in [3.05, 3.63) is 53.3 Å². The first kappa shape index (κ1) is 19.3. The summed E-state index contributed by atoms with van der Waals surface area (Å²) in [5.41, 5.74) is 3.98. The van der Waals surface area contributed by atoms with Crippen molar-refractivity contribution < 1.29 is 4.74 Å². The maximum absolute atomic E-state index is 5.52. The second-order valence-corrected chi connectivity index (χ2v) is 9.06. The van der Waals surface area contributed by atoms with Gasteiger partial charge in [-0.25, -0.2) is 9.97 Å².